The summed E-state index contributed by atoms with van der Waals surface area (Å²) < 4.78 is 5.16. The number of nitrogens with one attached hydrogen (secondary N) is 2. The monoisotopic (exact) mass is 272 g/mol. The van der Waals surface area contributed by atoms with E-state index in [1.54, 1.807) is 19.5 Å². The molecule has 1 fully saturated rings. The molecule has 2 rings (SSSR count). The fourth-order valence-electron chi connectivity index (χ4n) is 2.11. The van der Waals surface area contributed by atoms with E-state index in [0.717, 1.165) is 18.8 Å². The lowest BCUT2D eigenvalue weighted by Crippen LogP contribution is -2.41. The predicted octanol–water partition coefficient (Wildman–Crippen LogP) is 1.14. The molecule has 1 unspecified atom stereocenters. The summed E-state index contributed by atoms with van der Waals surface area (Å²) in [6, 6.07) is 0.589. The topological polar surface area (TPSA) is 59.1 Å². The van der Waals surface area contributed by atoms with E-state index >= 15 is 0 Å². The number of hydrogen-bond acceptors (Lipinski definition) is 5. The van der Waals surface area contributed by atoms with Gasteiger partial charge in [0, 0.05) is 31.5 Å². The van der Waals surface area contributed by atoms with Crippen molar-refractivity contribution in [3.05, 3.63) is 18.1 Å². The Balaban J connectivity index is 0.00000162. The highest BCUT2D eigenvalue weighted by Crippen LogP contribution is 2.10. The summed E-state index contributed by atoms with van der Waals surface area (Å²) in [6.07, 6.45) is 7.22. The Morgan fingerprint density at radius 2 is 2.22 bits per heavy atom. The molecule has 0 spiro atoms. The van der Waals surface area contributed by atoms with Gasteiger partial charge >= 0.3 is 0 Å². The maximum atomic E-state index is 5.16. The summed E-state index contributed by atoms with van der Waals surface area (Å²) in [4.78, 5) is 8.38. The largest absolute Gasteiger partial charge is 0.480 e. The number of rotatable bonds is 5. The average Bonchev–Trinajstić information content (AvgIpc) is 2.40. The van der Waals surface area contributed by atoms with Crippen LogP contribution in [0.3, 0.4) is 0 Å². The molecular formula is C12H21ClN4O. The van der Waals surface area contributed by atoms with Gasteiger partial charge < -0.3 is 15.4 Å². The highest BCUT2D eigenvalue weighted by molar-refractivity contribution is 5.85. The van der Waals surface area contributed by atoms with E-state index in [1.807, 2.05) is 0 Å². The number of piperidine rings is 1. The van der Waals surface area contributed by atoms with Gasteiger partial charge in [0.1, 0.15) is 5.69 Å². The molecule has 0 bridgehead atoms. The first-order valence-electron chi connectivity index (χ1n) is 6.18. The van der Waals surface area contributed by atoms with Gasteiger partial charge in [-0.2, -0.15) is 0 Å². The second-order valence-corrected chi connectivity index (χ2v) is 4.29. The van der Waals surface area contributed by atoms with Crippen molar-refractivity contribution in [2.24, 2.45) is 0 Å². The Labute approximate surface area is 114 Å². The second kappa shape index (κ2) is 8.24. The number of ether oxygens (including phenoxy) is 1. The molecule has 1 aliphatic rings. The molecule has 1 saturated heterocycles. The van der Waals surface area contributed by atoms with E-state index in [-0.39, 0.29) is 12.4 Å². The highest BCUT2D eigenvalue weighted by atomic mass is 35.5. The van der Waals surface area contributed by atoms with Gasteiger partial charge in [0.25, 0.3) is 0 Å². The van der Waals surface area contributed by atoms with Crippen LogP contribution in [0.15, 0.2) is 12.4 Å². The third kappa shape index (κ3) is 4.40. The maximum absolute atomic E-state index is 5.16. The van der Waals surface area contributed by atoms with E-state index in [9.17, 15) is 0 Å². The zero-order chi connectivity index (χ0) is 11.9. The lowest BCUT2D eigenvalue weighted by Gasteiger charge is -2.23. The van der Waals surface area contributed by atoms with Gasteiger partial charge in [0.2, 0.25) is 5.88 Å². The van der Waals surface area contributed by atoms with Gasteiger partial charge in [-0.15, -0.1) is 12.4 Å². The minimum atomic E-state index is 0. The molecule has 0 radical (unpaired) electrons. The van der Waals surface area contributed by atoms with E-state index in [1.165, 1.54) is 19.3 Å². The molecule has 1 aromatic rings. The lowest BCUT2D eigenvalue weighted by atomic mass is 10.1. The molecule has 1 aliphatic heterocycles. The molecule has 0 amide bonds. The lowest BCUT2D eigenvalue weighted by molar-refractivity contribution is 0.371. The number of nitrogens with zero attached hydrogens (tertiary/aromatic N) is 2. The van der Waals surface area contributed by atoms with Gasteiger partial charge in [-0.1, -0.05) is 6.42 Å². The van der Waals surface area contributed by atoms with Crippen molar-refractivity contribution >= 4 is 12.4 Å². The van der Waals surface area contributed by atoms with Crippen LogP contribution < -0.4 is 15.4 Å². The molecule has 1 atom stereocenters. The number of aromatic nitrogens is 2. The van der Waals surface area contributed by atoms with Crippen molar-refractivity contribution in [3.63, 3.8) is 0 Å². The van der Waals surface area contributed by atoms with Gasteiger partial charge in [-0.3, -0.25) is 4.98 Å². The zero-order valence-corrected chi connectivity index (χ0v) is 11.5. The first-order valence-corrected chi connectivity index (χ1v) is 6.18. The Kier molecular flexibility index (Phi) is 6.93. The number of halogens is 1. The first-order chi connectivity index (χ1) is 8.40. The van der Waals surface area contributed by atoms with Crippen molar-refractivity contribution in [3.8, 4) is 5.88 Å². The summed E-state index contributed by atoms with van der Waals surface area (Å²) in [5.41, 5.74) is 0.866. The van der Waals surface area contributed by atoms with Crippen LogP contribution in [0.5, 0.6) is 5.88 Å². The third-order valence-corrected chi connectivity index (χ3v) is 3.02. The van der Waals surface area contributed by atoms with Crippen LogP contribution in [0.2, 0.25) is 0 Å². The molecule has 0 aromatic carbocycles. The minimum Gasteiger partial charge on any atom is -0.480 e. The molecule has 102 valence electrons. The fraction of sp³-hybridized carbons (Fsp3) is 0.667. The zero-order valence-electron chi connectivity index (χ0n) is 10.7. The summed E-state index contributed by atoms with van der Waals surface area (Å²) >= 11 is 0. The Hall–Kier alpha value is -0.910. The normalized spacial score (nSPS) is 19.1. The fourth-order valence-corrected chi connectivity index (χ4v) is 2.11. The maximum Gasteiger partial charge on any atom is 0.236 e. The summed E-state index contributed by atoms with van der Waals surface area (Å²) in [7, 11) is 1.62. The summed E-state index contributed by atoms with van der Waals surface area (Å²) in [5, 5.41) is 6.91. The predicted molar refractivity (Wildman–Crippen MR) is 73.2 cm³/mol. The van der Waals surface area contributed by atoms with Crippen LogP contribution >= 0.6 is 12.4 Å². The Morgan fingerprint density at radius 3 is 2.94 bits per heavy atom. The van der Waals surface area contributed by atoms with E-state index in [2.05, 4.69) is 20.6 Å². The van der Waals surface area contributed by atoms with Gasteiger partial charge in [-0.05, 0) is 19.4 Å². The highest BCUT2D eigenvalue weighted by Gasteiger charge is 2.12. The number of hydrogen-bond donors (Lipinski definition) is 2. The first kappa shape index (κ1) is 15.1. The Bertz CT molecular complexity index is 345. The second-order valence-electron chi connectivity index (χ2n) is 4.29. The third-order valence-electron chi connectivity index (χ3n) is 3.02. The molecule has 2 heterocycles. The molecule has 0 aliphatic carbocycles. The van der Waals surface area contributed by atoms with Crippen molar-refractivity contribution in [1.82, 2.24) is 20.6 Å². The average molecular weight is 273 g/mol. The van der Waals surface area contributed by atoms with E-state index in [4.69, 9.17) is 4.74 Å². The van der Waals surface area contributed by atoms with Crippen LogP contribution in [0.25, 0.3) is 0 Å². The smallest absolute Gasteiger partial charge is 0.236 e. The van der Waals surface area contributed by atoms with Crippen LogP contribution in [0.4, 0.5) is 0 Å². The Morgan fingerprint density at radius 1 is 1.39 bits per heavy atom. The van der Waals surface area contributed by atoms with Crippen LogP contribution in [-0.4, -0.2) is 36.2 Å². The number of methoxy groups -OCH3 is 1. The molecule has 5 nitrogen and oxygen atoms in total. The van der Waals surface area contributed by atoms with Crippen LogP contribution in [-0.2, 0) is 6.54 Å². The summed E-state index contributed by atoms with van der Waals surface area (Å²) in [5.74, 6) is 0.608. The van der Waals surface area contributed by atoms with Gasteiger partial charge in [0.15, 0.2) is 0 Å². The van der Waals surface area contributed by atoms with Crippen molar-refractivity contribution in [1.29, 1.82) is 0 Å². The SMILES string of the molecule is COc1nccnc1CNCC1CCCCN1.Cl. The van der Waals surface area contributed by atoms with Crippen LogP contribution in [0.1, 0.15) is 25.0 Å². The summed E-state index contributed by atoms with van der Waals surface area (Å²) in [6.45, 7) is 2.82. The molecule has 6 heteroatoms. The van der Waals surface area contributed by atoms with Crippen LogP contribution in [0, 0.1) is 0 Å². The standard InChI is InChI=1S/C12H20N4O.ClH/c1-17-12-11(15-6-7-16-12)9-13-8-10-4-2-3-5-14-10;/h6-7,10,13-14H,2-5,8-9H2,1H3;1H. The quantitative estimate of drug-likeness (QED) is 0.842. The minimum absolute atomic E-state index is 0. The molecule has 2 N–H and O–H groups in total. The van der Waals surface area contributed by atoms with Gasteiger partial charge in [0.05, 0.1) is 7.11 Å². The van der Waals surface area contributed by atoms with Crippen molar-refractivity contribution < 1.29 is 4.74 Å². The van der Waals surface area contributed by atoms with E-state index in [0.29, 0.717) is 18.5 Å². The molecular weight excluding hydrogens is 252 g/mol. The van der Waals surface area contributed by atoms with E-state index < -0.39 is 0 Å². The van der Waals surface area contributed by atoms with Crippen molar-refractivity contribution in [2.75, 3.05) is 20.2 Å². The van der Waals surface area contributed by atoms with Gasteiger partial charge in [-0.25, -0.2) is 4.98 Å². The molecule has 18 heavy (non-hydrogen) atoms. The molecule has 1 aromatic heterocycles. The van der Waals surface area contributed by atoms with Crippen molar-refractivity contribution in [2.45, 2.75) is 31.8 Å². The molecule has 0 saturated carbocycles.